The van der Waals surface area contributed by atoms with Crippen molar-refractivity contribution in [1.82, 2.24) is 4.90 Å². The predicted molar refractivity (Wildman–Crippen MR) is 101 cm³/mol. The molecule has 0 heterocycles. The molecular weight excluding hydrogens is 346 g/mol. The second-order valence-electron chi connectivity index (χ2n) is 5.93. The topological polar surface area (TPSA) is 91.7 Å². The molecule has 1 N–H and O–H groups in total. The lowest BCUT2D eigenvalue weighted by Gasteiger charge is -2.14. The molecule has 7 nitrogen and oxygen atoms in total. The van der Waals surface area contributed by atoms with Crippen molar-refractivity contribution in [2.75, 3.05) is 33.1 Å². The van der Waals surface area contributed by atoms with Crippen LogP contribution in [0.5, 0.6) is 11.5 Å². The summed E-state index contributed by atoms with van der Waals surface area (Å²) in [7, 11) is 4.79. The van der Waals surface area contributed by atoms with Gasteiger partial charge in [0.2, 0.25) is 0 Å². The first-order valence-corrected chi connectivity index (χ1v) is 8.23. The van der Waals surface area contributed by atoms with Crippen LogP contribution in [0.3, 0.4) is 0 Å². The quantitative estimate of drug-likeness (QED) is 0.812. The van der Waals surface area contributed by atoms with Crippen molar-refractivity contribution in [3.8, 4) is 17.6 Å². The summed E-state index contributed by atoms with van der Waals surface area (Å²) in [6, 6.07) is 13.9. The molecule has 0 unspecified atom stereocenters. The molecule has 0 fully saturated rings. The largest absolute Gasteiger partial charge is 0.495 e. The predicted octanol–water partition coefficient (Wildman–Crippen LogP) is 2.48. The Kier molecular flexibility index (Phi) is 6.78. The van der Waals surface area contributed by atoms with E-state index in [2.05, 4.69) is 11.4 Å². The zero-order valence-corrected chi connectivity index (χ0v) is 15.5. The van der Waals surface area contributed by atoms with Crippen molar-refractivity contribution in [3.05, 3.63) is 53.6 Å². The van der Waals surface area contributed by atoms with E-state index in [0.717, 1.165) is 5.56 Å². The van der Waals surface area contributed by atoms with Gasteiger partial charge in [-0.3, -0.25) is 9.59 Å². The number of ether oxygens (including phenoxy) is 2. The Morgan fingerprint density at radius 2 is 1.85 bits per heavy atom. The maximum Gasteiger partial charge on any atom is 0.262 e. The lowest BCUT2D eigenvalue weighted by molar-refractivity contribution is -0.118. The second-order valence-corrected chi connectivity index (χ2v) is 5.93. The van der Waals surface area contributed by atoms with Crippen molar-refractivity contribution in [2.24, 2.45) is 0 Å². The fourth-order valence-corrected chi connectivity index (χ4v) is 2.33. The lowest BCUT2D eigenvalue weighted by atomic mass is 10.1. The van der Waals surface area contributed by atoms with Crippen LogP contribution in [0, 0.1) is 11.3 Å². The van der Waals surface area contributed by atoms with Gasteiger partial charge in [0, 0.05) is 19.7 Å². The summed E-state index contributed by atoms with van der Waals surface area (Å²) < 4.78 is 10.7. The second kappa shape index (κ2) is 9.25. The summed E-state index contributed by atoms with van der Waals surface area (Å²) in [6.07, 6.45) is 0.322. The van der Waals surface area contributed by atoms with E-state index < -0.39 is 0 Å². The van der Waals surface area contributed by atoms with Crippen molar-refractivity contribution in [1.29, 1.82) is 5.26 Å². The van der Waals surface area contributed by atoms with Gasteiger partial charge in [0.25, 0.3) is 11.8 Å². The monoisotopic (exact) mass is 367 g/mol. The van der Waals surface area contributed by atoms with Gasteiger partial charge in [0.05, 0.1) is 25.3 Å². The summed E-state index contributed by atoms with van der Waals surface area (Å²) in [5, 5.41) is 11.4. The first kappa shape index (κ1) is 19.8. The molecule has 27 heavy (non-hydrogen) atoms. The van der Waals surface area contributed by atoms with Crippen molar-refractivity contribution in [2.45, 2.75) is 6.42 Å². The lowest BCUT2D eigenvalue weighted by Crippen LogP contribution is -2.23. The molecule has 2 rings (SSSR count). The maximum absolute atomic E-state index is 12.2. The van der Waals surface area contributed by atoms with Crippen LogP contribution >= 0.6 is 0 Å². The molecule has 0 bridgehead atoms. The van der Waals surface area contributed by atoms with Crippen LogP contribution < -0.4 is 14.8 Å². The highest BCUT2D eigenvalue weighted by molar-refractivity contribution is 5.98. The number of nitriles is 1. The van der Waals surface area contributed by atoms with Crippen LogP contribution in [-0.4, -0.2) is 44.5 Å². The van der Waals surface area contributed by atoms with Gasteiger partial charge < -0.3 is 19.7 Å². The number of carbonyl (C=O) groups excluding carboxylic acids is 2. The first-order chi connectivity index (χ1) is 12.9. The molecule has 0 radical (unpaired) electrons. The van der Waals surface area contributed by atoms with E-state index in [1.807, 2.05) is 0 Å². The van der Waals surface area contributed by atoms with Crippen LogP contribution in [0.25, 0.3) is 0 Å². The zero-order chi connectivity index (χ0) is 19.8. The van der Waals surface area contributed by atoms with Gasteiger partial charge in [0.15, 0.2) is 6.61 Å². The van der Waals surface area contributed by atoms with Gasteiger partial charge in [-0.2, -0.15) is 5.26 Å². The summed E-state index contributed by atoms with van der Waals surface area (Å²) in [5.41, 5.74) is 1.70. The zero-order valence-electron chi connectivity index (χ0n) is 15.5. The molecule has 7 heteroatoms. The summed E-state index contributed by atoms with van der Waals surface area (Å²) in [4.78, 5) is 25.8. The molecule has 0 aliphatic rings. The molecule has 2 aromatic carbocycles. The molecule has 0 saturated carbocycles. The van der Waals surface area contributed by atoms with Gasteiger partial charge in [-0.05, 0) is 35.9 Å². The van der Waals surface area contributed by atoms with E-state index in [0.29, 0.717) is 29.2 Å². The number of amides is 2. The average Bonchev–Trinajstić information content (AvgIpc) is 2.67. The first-order valence-electron chi connectivity index (χ1n) is 8.23. The third-order valence-corrected chi connectivity index (χ3v) is 3.70. The highest BCUT2D eigenvalue weighted by atomic mass is 16.5. The van der Waals surface area contributed by atoms with E-state index in [4.69, 9.17) is 14.7 Å². The van der Waals surface area contributed by atoms with Crippen LogP contribution in [0.2, 0.25) is 0 Å². The molecular formula is C20H21N3O4. The Bertz CT molecular complexity index is 855. The summed E-state index contributed by atoms with van der Waals surface area (Å²) >= 11 is 0. The molecule has 0 atom stereocenters. The average molecular weight is 367 g/mol. The summed E-state index contributed by atoms with van der Waals surface area (Å²) in [5.74, 6) is 0.403. The van der Waals surface area contributed by atoms with Crippen molar-refractivity contribution >= 4 is 17.5 Å². The number of benzene rings is 2. The standard InChI is InChI=1S/C20H21N3O4/c1-23(2)20(25)15-6-9-18(26-3)17(12-15)22-19(24)13-27-16-7-4-14(5-8-16)10-11-21/h4-9,12H,10,13H2,1-3H3,(H,22,24). The molecule has 0 aliphatic carbocycles. The van der Waals surface area contributed by atoms with E-state index in [1.165, 1.54) is 12.0 Å². The Morgan fingerprint density at radius 1 is 1.15 bits per heavy atom. The van der Waals surface area contributed by atoms with Crippen LogP contribution in [0.4, 0.5) is 5.69 Å². The number of hydrogen-bond acceptors (Lipinski definition) is 5. The highest BCUT2D eigenvalue weighted by Gasteiger charge is 2.14. The van der Waals surface area contributed by atoms with Crippen LogP contribution in [0.15, 0.2) is 42.5 Å². The molecule has 2 amide bonds. The van der Waals surface area contributed by atoms with E-state index in [9.17, 15) is 9.59 Å². The van der Waals surface area contributed by atoms with Crippen LogP contribution in [0.1, 0.15) is 15.9 Å². The minimum absolute atomic E-state index is 0.179. The molecule has 0 saturated heterocycles. The van der Waals surface area contributed by atoms with Crippen molar-refractivity contribution in [3.63, 3.8) is 0 Å². The number of methoxy groups -OCH3 is 1. The number of carbonyl (C=O) groups is 2. The molecule has 0 aliphatic heterocycles. The third kappa shape index (κ3) is 5.47. The van der Waals surface area contributed by atoms with Gasteiger partial charge >= 0.3 is 0 Å². The normalized spacial score (nSPS) is 9.85. The number of rotatable bonds is 7. The molecule has 140 valence electrons. The van der Waals surface area contributed by atoms with Crippen molar-refractivity contribution < 1.29 is 19.1 Å². The minimum Gasteiger partial charge on any atom is -0.495 e. The fourth-order valence-electron chi connectivity index (χ4n) is 2.33. The Morgan fingerprint density at radius 3 is 2.44 bits per heavy atom. The Balaban J connectivity index is 2.02. The van der Waals surface area contributed by atoms with Gasteiger partial charge in [0.1, 0.15) is 11.5 Å². The Hall–Kier alpha value is -3.53. The van der Waals surface area contributed by atoms with Gasteiger partial charge in [-0.25, -0.2) is 0 Å². The van der Waals surface area contributed by atoms with Gasteiger partial charge in [-0.1, -0.05) is 12.1 Å². The van der Waals surface area contributed by atoms with E-state index in [-0.39, 0.29) is 18.4 Å². The van der Waals surface area contributed by atoms with E-state index in [1.54, 1.807) is 56.6 Å². The smallest absolute Gasteiger partial charge is 0.262 e. The number of hydrogen-bond donors (Lipinski definition) is 1. The number of anilines is 1. The Labute approximate surface area is 158 Å². The number of nitrogens with zero attached hydrogens (tertiary/aromatic N) is 2. The summed E-state index contributed by atoms with van der Waals surface area (Å²) in [6.45, 7) is -0.202. The minimum atomic E-state index is -0.385. The van der Waals surface area contributed by atoms with Crippen LogP contribution in [-0.2, 0) is 11.2 Å². The molecule has 2 aromatic rings. The SMILES string of the molecule is COc1ccc(C(=O)N(C)C)cc1NC(=O)COc1ccc(CC#N)cc1. The number of nitrogens with one attached hydrogen (secondary N) is 1. The molecule has 0 spiro atoms. The van der Waals surface area contributed by atoms with Gasteiger partial charge in [-0.15, -0.1) is 0 Å². The maximum atomic E-state index is 12.2. The fraction of sp³-hybridized carbons (Fsp3) is 0.250. The highest BCUT2D eigenvalue weighted by Crippen LogP contribution is 2.26. The van der Waals surface area contributed by atoms with E-state index >= 15 is 0 Å². The third-order valence-electron chi connectivity index (χ3n) is 3.70. The molecule has 0 aromatic heterocycles.